The SMILES string of the molecule is CC(C)(C)c1cccc(-c2ccc3c(c2)B2c4cc(-c5cccc(C(C)(C)C)c5)ccc4N(c4ccc(-c5ccc6c(c5)C(C)(C)CC6(C)C)cc4)c4cc(-n5c6ccccc6c6ccccc65)cc(c42)N3c2ccc(-c3ccccc3)cc2)c1. The maximum Gasteiger partial charge on any atom is 0.252 e. The molecule has 0 unspecified atom stereocenters. The number of rotatable bonds is 7. The van der Waals surface area contributed by atoms with Crippen LogP contribution in [0.15, 0.2) is 243 Å². The molecule has 4 heteroatoms. The van der Waals surface area contributed by atoms with E-state index in [1.165, 1.54) is 122 Å². The first-order chi connectivity index (χ1) is 40.9. The summed E-state index contributed by atoms with van der Waals surface area (Å²) in [5, 5.41) is 2.48. The zero-order valence-corrected chi connectivity index (χ0v) is 50.7. The van der Waals surface area contributed by atoms with Gasteiger partial charge in [0.15, 0.2) is 0 Å². The smallest absolute Gasteiger partial charge is 0.252 e. The zero-order chi connectivity index (χ0) is 58.3. The first-order valence-corrected chi connectivity index (χ1v) is 30.6. The average molecular weight is 1100 g/mol. The van der Waals surface area contributed by atoms with Crippen molar-refractivity contribution in [3.8, 4) is 50.2 Å². The molecule has 1 aromatic heterocycles. The highest BCUT2D eigenvalue weighted by Crippen LogP contribution is 2.52. The number of hydrogen-bond donors (Lipinski definition) is 0. The predicted octanol–water partition coefficient (Wildman–Crippen LogP) is 20.1. The monoisotopic (exact) mass is 1100 g/mol. The van der Waals surface area contributed by atoms with Crippen LogP contribution in [0.2, 0.25) is 0 Å². The van der Waals surface area contributed by atoms with Crippen LogP contribution in [0.3, 0.4) is 0 Å². The van der Waals surface area contributed by atoms with Crippen LogP contribution in [-0.2, 0) is 21.7 Å². The molecule has 15 rings (SSSR count). The molecule has 3 aliphatic rings. The van der Waals surface area contributed by atoms with Gasteiger partial charge in [-0.15, -0.1) is 0 Å². The van der Waals surface area contributed by atoms with Gasteiger partial charge in [-0.25, -0.2) is 0 Å². The lowest BCUT2D eigenvalue weighted by atomic mass is 9.33. The molecule has 0 atom stereocenters. The van der Waals surface area contributed by atoms with Crippen molar-refractivity contribution >= 4 is 79.0 Å². The first-order valence-electron chi connectivity index (χ1n) is 30.6. The van der Waals surface area contributed by atoms with Crippen molar-refractivity contribution in [3.05, 3.63) is 265 Å². The second kappa shape index (κ2) is 19.2. The number of fused-ring (bicyclic) bond motifs is 8. The third-order valence-corrected chi connectivity index (χ3v) is 19.1. The number of para-hydroxylation sites is 2. The van der Waals surface area contributed by atoms with Crippen LogP contribution >= 0.6 is 0 Å². The van der Waals surface area contributed by atoms with Crippen molar-refractivity contribution < 1.29 is 0 Å². The minimum atomic E-state index is -0.131. The van der Waals surface area contributed by atoms with E-state index in [1.54, 1.807) is 0 Å². The lowest BCUT2D eigenvalue weighted by Gasteiger charge is -2.44. The third kappa shape index (κ3) is 8.70. The molecule has 2 aliphatic heterocycles. The van der Waals surface area contributed by atoms with Crippen LogP contribution in [0.25, 0.3) is 72.0 Å². The largest absolute Gasteiger partial charge is 0.311 e. The molecule has 12 aromatic rings. The number of benzene rings is 11. The Morgan fingerprint density at radius 1 is 0.329 bits per heavy atom. The Kier molecular flexibility index (Phi) is 11.9. The maximum atomic E-state index is 2.59. The minimum absolute atomic E-state index is 0.00522. The van der Waals surface area contributed by atoms with Crippen LogP contribution in [0.1, 0.15) is 97.9 Å². The van der Waals surface area contributed by atoms with E-state index in [0.29, 0.717) is 0 Å². The topological polar surface area (TPSA) is 11.4 Å². The molecule has 0 amide bonds. The highest BCUT2D eigenvalue weighted by molar-refractivity contribution is 7.00. The standard InChI is InChI=1S/C81H72BN3/c1-78(2,3)60-24-18-22-55(44-60)58-35-42-73-69(47-58)82-70-48-59(56-23-19-25-61(45-56)79(4,5)6)36-43-74(70)84(63-39-32-54(33-40-63)57-34-41-67-68(46-57)81(9,10)51-80(67,7)8)76-50-64(85-71-28-16-14-26-65(71)66-27-15-17-29-72(66)85)49-75(77(76)82)83(73)62-37-30-53(31-38-62)52-20-12-11-13-21-52/h11-50H,51H2,1-10H3. The molecule has 1 aliphatic carbocycles. The molecule has 0 spiro atoms. The summed E-state index contributed by atoms with van der Waals surface area (Å²) in [6.07, 6.45) is 1.14. The van der Waals surface area contributed by atoms with E-state index < -0.39 is 0 Å². The summed E-state index contributed by atoms with van der Waals surface area (Å²) in [5.41, 5.74) is 29.8. The van der Waals surface area contributed by atoms with Gasteiger partial charge in [0.2, 0.25) is 0 Å². The molecule has 3 nitrogen and oxygen atoms in total. The summed E-state index contributed by atoms with van der Waals surface area (Å²) in [7, 11) is 0. The lowest BCUT2D eigenvalue weighted by Crippen LogP contribution is -2.61. The molecule has 0 fully saturated rings. The van der Waals surface area contributed by atoms with E-state index >= 15 is 0 Å². The fourth-order valence-electron chi connectivity index (χ4n) is 15.0. The summed E-state index contributed by atoms with van der Waals surface area (Å²) in [4.78, 5) is 5.17. The van der Waals surface area contributed by atoms with Gasteiger partial charge in [-0.05, 0) is 172 Å². The quantitative estimate of drug-likeness (QED) is 0.147. The van der Waals surface area contributed by atoms with Crippen LogP contribution in [0.5, 0.6) is 0 Å². The Bertz CT molecular complexity index is 4590. The highest BCUT2D eigenvalue weighted by Gasteiger charge is 2.45. The lowest BCUT2D eigenvalue weighted by molar-refractivity contribution is 0.403. The number of aromatic nitrogens is 1. The van der Waals surface area contributed by atoms with Crippen molar-refractivity contribution in [3.63, 3.8) is 0 Å². The Morgan fingerprint density at radius 2 is 0.729 bits per heavy atom. The van der Waals surface area contributed by atoms with E-state index in [-0.39, 0.29) is 28.4 Å². The Labute approximate surface area is 503 Å². The molecule has 0 bridgehead atoms. The van der Waals surface area contributed by atoms with Crippen LogP contribution < -0.4 is 26.2 Å². The van der Waals surface area contributed by atoms with E-state index in [1.807, 2.05) is 0 Å². The van der Waals surface area contributed by atoms with Gasteiger partial charge in [0.25, 0.3) is 6.71 Å². The molecule has 0 radical (unpaired) electrons. The fraction of sp³-hybridized carbons (Fsp3) is 0.185. The molecule has 11 aromatic carbocycles. The number of anilines is 6. The van der Waals surface area contributed by atoms with Crippen LogP contribution in [-0.4, -0.2) is 11.3 Å². The summed E-state index contributed by atoms with van der Waals surface area (Å²) < 4.78 is 2.51. The summed E-state index contributed by atoms with van der Waals surface area (Å²) in [5.74, 6) is 0. The van der Waals surface area contributed by atoms with E-state index in [0.717, 1.165) is 29.2 Å². The van der Waals surface area contributed by atoms with Crippen molar-refractivity contribution in [1.82, 2.24) is 4.57 Å². The molecular formula is C81H72BN3. The minimum Gasteiger partial charge on any atom is -0.311 e. The van der Waals surface area contributed by atoms with Crippen LogP contribution in [0, 0.1) is 0 Å². The second-order valence-corrected chi connectivity index (χ2v) is 27.7. The van der Waals surface area contributed by atoms with Crippen molar-refractivity contribution in [2.45, 2.75) is 97.3 Å². The van der Waals surface area contributed by atoms with Crippen molar-refractivity contribution in [1.29, 1.82) is 0 Å². The maximum absolute atomic E-state index is 2.59. The van der Waals surface area contributed by atoms with Gasteiger partial charge in [-0.1, -0.05) is 251 Å². The van der Waals surface area contributed by atoms with Gasteiger partial charge in [0.05, 0.1) is 16.7 Å². The van der Waals surface area contributed by atoms with E-state index in [9.17, 15) is 0 Å². The van der Waals surface area contributed by atoms with Gasteiger partial charge < -0.3 is 14.4 Å². The number of nitrogens with zero attached hydrogens (tertiary/aromatic N) is 3. The summed E-state index contributed by atoms with van der Waals surface area (Å²) >= 11 is 0. The van der Waals surface area contributed by atoms with Gasteiger partial charge >= 0.3 is 0 Å². The molecule has 0 saturated heterocycles. The zero-order valence-electron chi connectivity index (χ0n) is 50.7. The summed E-state index contributed by atoms with van der Waals surface area (Å²) in [6, 6.07) is 92.7. The Morgan fingerprint density at radius 3 is 1.24 bits per heavy atom. The van der Waals surface area contributed by atoms with Gasteiger partial charge in [-0.2, -0.15) is 0 Å². The normalized spacial score (nSPS) is 14.8. The average Bonchev–Trinajstić information content (AvgIpc) is 1.10. The van der Waals surface area contributed by atoms with E-state index in [4.69, 9.17) is 0 Å². The fourth-order valence-corrected chi connectivity index (χ4v) is 15.0. The van der Waals surface area contributed by atoms with Gasteiger partial charge in [0, 0.05) is 44.9 Å². The molecular weight excluding hydrogens is 1030 g/mol. The molecule has 85 heavy (non-hydrogen) atoms. The third-order valence-electron chi connectivity index (χ3n) is 19.1. The van der Waals surface area contributed by atoms with Crippen LogP contribution in [0.4, 0.5) is 34.1 Å². The van der Waals surface area contributed by atoms with Crippen molar-refractivity contribution in [2.24, 2.45) is 0 Å². The molecule has 414 valence electrons. The predicted molar refractivity (Wildman–Crippen MR) is 365 cm³/mol. The number of hydrogen-bond acceptors (Lipinski definition) is 2. The Hall–Kier alpha value is -9.12. The second-order valence-electron chi connectivity index (χ2n) is 27.7. The highest BCUT2D eigenvalue weighted by atomic mass is 15.2. The summed E-state index contributed by atoms with van der Waals surface area (Å²) in [6.45, 7) is 23.4. The molecule has 3 heterocycles. The first kappa shape index (κ1) is 52.7. The molecule has 0 saturated carbocycles. The van der Waals surface area contributed by atoms with Crippen molar-refractivity contribution in [2.75, 3.05) is 9.80 Å². The van der Waals surface area contributed by atoms with Gasteiger partial charge in [0.1, 0.15) is 0 Å². The van der Waals surface area contributed by atoms with Gasteiger partial charge in [-0.3, -0.25) is 0 Å². The molecule has 0 N–H and O–H groups in total. The Balaban J connectivity index is 1.02. The van der Waals surface area contributed by atoms with E-state index in [2.05, 4.69) is 326 Å².